The molecule has 7 nitrogen and oxygen atoms in total. The van der Waals surface area contributed by atoms with E-state index in [2.05, 4.69) is 45.7 Å². The van der Waals surface area contributed by atoms with E-state index in [9.17, 15) is 0 Å². The van der Waals surface area contributed by atoms with Crippen LogP contribution in [-0.4, -0.2) is 52.4 Å². The minimum Gasteiger partial charge on any atom is -0.491 e. The molecule has 0 saturated heterocycles. The molecule has 0 bridgehead atoms. The zero-order valence-corrected chi connectivity index (χ0v) is 17.5. The fraction of sp³-hybridized carbons (Fsp3) is 0.429. The Morgan fingerprint density at radius 1 is 1.11 bits per heavy atom. The van der Waals surface area contributed by atoms with E-state index >= 15 is 0 Å². The highest BCUT2D eigenvalue weighted by atomic mass is 16.5. The van der Waals surface area contributed by atoms with Crippen molar-refractivity contribution in [1.29, 1.82) is 0 Å². The minimum atomic E-state index is 0.524. The molecule has 28 heavy (non-hydrogen) atoms. The minimum absolute atomic E-state index is 0.524. The van der Waals surface area contributed by atoms with Crippen LogP contribution in [-0.2, 0) is 17.8 Å². The molecule has 0 fully saturated rings. The maximum Gasteiger partial charge on any atom is 0.191 e. The molecule has 0 atom stereocenters. The fourth-order valence-electron chi connectivity index (χ4n) is 2.58. The van der Waals surface area contributed by atoms with Crippen molar-refractivity contribution in [2.45, 2.75) is 20.0 Å². The Labute approximate surface area is 167 Å². The van der Waals surface area contributed by atoms with Crippen molar-refractivity contribution < 1.29 is 9.47 Å². The molecule has 0 aliphatic carbocycles. The van der Waals surface area contributed by atoms with Gasteiger partial charge < -0.3 is 25.0 Å². The third kappa shape index (κ3) is 6.74. The molecule has 2 N–H and O–H groups in total. The first kappa shape index (κ1) is 21.5. The molecule has 0 amide bonds. The summed E-state index contributed by atoms with van der Waals surface area (Å²) in [6.07, 6.45) is 1.82. The number of aromatic nitrogens is 1. The highest BCUT2D eigenvalue weighted by Gasteiger charge is 2.07. The number of hydrogen-bond donors (Lipinski definition) is 2. The Morgan fingerprint density at radius 2 is 1.89 bits per heavy atom. The molecule has 0 radical (unpaired) electrons. The smallest absolute Gasteiger partial charge is 0.191 e. The lowest BCUT2D eigenvalue weighted by molar-refractivity contribution is 0.145. The zero-order valence-electron chi connectivity index (χ0n) is 17.5. The van der Waals surface area contributed by atoms with Crippen molar-refractivity contribution in [3.63, 3.8) is 0 Å². The van der Waals surface area contributed by atoms with Gasteiger partial charge in [0.15, 0.2) is 5.96 Å². The number of rotatable bonds is 9. The van der Waals surface area contributed by atoms with Gasteiger partial charge in [-0.1, -0.05) is 12.1 Å². The molecule has 0 aliphatic rings. The van der Waals surface area contributed by atoms with Gasteiger partial charge in [0.05, 0.1) is 6.61 Å². The average molecular weight is 386 g/mol. The van der Waals surface area contributed by atoms with Gasteiger partial charge in [-0.2, -0.15) is 0 Å². The molecule has 0 unspecified atom stereocenters. The van der Waals surface area contributed by atoms with E-state index in [-0.39, 0.29) is 0 Å². The summed E-state index contributed by atoms with van der Waals surface area (Å²) in [7, 11) is 7.39. The van der Waals surface area contributed by atoms with Crippen LogP contribution in [0.3, 0.4) is 0 Å². The number of ether oxygens (including phenoxy) is 2. The van der Waals surface area contributed by atoms with Crippen LogP contribution in [0.5, 0.6) is 5.75 Å². The van der Waals surface area contributed by atoms with E-state index in [4.69, 9.17) is 9.47 Å². The van der Waals surface area contributed by atoms with Gasteiger partial charge in [-0.15, -0.1) is 0 Å². The SMILES string of the molecule is CN=C(NCc1ccnc(N(C)C)c1)NCc1ccc(C)cc1OCCOC. The van der Waals surface area contributed by atoms with E-state index in [0.29, 0.717) is 26.3 Å². The standard InChI is InChI=1S/C21H31N5O2/c1-16-6-7-18(19(12-16)28-11-10-27-5)15-25-21(22-2)24-14-17-8-9-23-20(13-17)26(3)4/h6-9,12-13H,10-11,14-15H2,1-5H3,(H2,22,24,25). The van der Waals surface area contributed by atoms with E-state index in [1.54, 1.807) is 14.2 Å². The topological polar surface area (TPSA) is 71.0 Å². The lowest BCUT2D eigenvalue weighted by Crippen LogP contribution is -2.36. The monoisotopic (exact) mass is 385 g/mol. The summed E-state index contributed by atoms with van der Waals surface area (Å²) in [5.74, 6) is 2.52. The molecular formula is C21H31N5O2. The summed E-state index contributed by atoms with van der Waals surface area (Å²) in [5, 5.41) is 6.68. The molecule has 2 aromatic rings. The lowest BCUT2D eigenvalue weighted by atomic mass is 10.1. The predicted octanol–water partition coefficient (Wildman–Crippen LogP) is 2.35. The average Bonchev–Trinajstić information content (AvgIpc) is 2.69. The van der Waals surface area contributed by atoms with Crippen LogP contribution in [0.25, 0.3) is 0 Å². The number of pyridine rings is 1. The third-order valence-electron chi connectivity index (χ3n) is 4.17. The van der Waals surface area contributed by atoms with Crippen molar-refractivity contribution in [3.05, 3.63) is 53.2 Å². The highest BCUT2D eigenvalue weighted by Crippen LogP contribution is 2.20. The van der Waals surface area contributed by atoms with Gasteiger partial charge >= 0.3 is 0 Å². The second-order valence-electron chi connectivity index (χ2n) is 6.65. The number of nitrogens with one attached hydrogen (secondary N) is 2. The van der Waals surface area contributed by atoms with Crippen LogP contribution in [0.4, 0.5) is 5.82 Å². The summed E-state index contributed by atoms with van der Waals surface area (Å²) >= 11 is 0. The summed E-state index contributed by atoms with van der Waals surface area (Å²) < 4.78 is 10.9. The zero-order chi connectivity index (χ0) is 20.4. The van der Waals surface area contributed by atoms with Crippen molar-refractivity contribution in [2.24, 2.45) is 4.99 Å². The van der Waals surface area contributed by atoms with Crippen LogP contribution in [0, 0.1) is 6.92 Å². The Kier molecular flexibility index (Phi) is 8.55. The largest absolute Gasteiger partial charge is 0.491 e. The quantitative estimate of drug-likeness (QED) is 0.392. The molecule has 0 saturated carbocycles. The number of benzene rings is 1. The third-order valence-corrected chi connectivity index (χ3v) is 4.17. The molecule has 7 heteroatoms. The van der Waals surface area contributed by atoms with Gasteiger partial charge in [-0.05, 0) is 36.2 Å². The van der Waals surface area contributed by atoms with E-state index in [1.807, 2.05) is 37.3 Å². The number of hydrogen-bond acceptors (Lipinski definition) is 5. The van der Waals surface area contributed by atoms with E-state index < -0.39 is 0 Å². The number of methoxy groups -OCH3 is 1. The summed E-state index contributed by atoms with van der Waals surface area (Å²) in [4.78, 5) is 10.6. The first-order valence-corrected chi connectivity index (χ1v) is 9.31. The van der Waals surface area contributed by atoms with Crippen LogP contribution >= 0.6 is 0 Å². The van der Waals surface area contributed by atoms with Gasteiger partial charge in [0, 0.05) is 53.1 Å². The molecule has 0 spiro atoms. The normalized spacial score (nSPS) is 11.2. The van der Waals surface area contributed by atoms with Crippen molar-refractivity contribution in [2.75, 3.05) is 46.4 Å². The Morgan fingerprint density at radius 3 is 2.61 bits per heavy atom. The van der Waals surface area contributed by atoms with Gasteiger partial charge in [-0.3, -0.25) is 4.99 Å². The van der Waals surface area contributed by atoms with Gasteiger partial charge in [-0.25, -0.2) is 4.98 Å². The second-order valence-corrected chi connectivity index (χ2v) is 6.65. The van der Waals surface area contributed by atoms with E-state index in [0.717, 1.165) is 34.2 Å². The molecular weight excluding hydrogens is 354 g/mol. The summed E-state index contributed by atoms with van der Waals surface area (Å²) in [5.41, 5.74) is 3.37. The number of nitrogens with zero attached hydrogens (tertiary/aromatic N) is 3. The van der Waals surface area contributed by atoms with Crippen LogP contribution in [0.15, 0.2) is 41.5 Å². The lowest BCUT2D eigenvalue weighted by Gasteiger charge is -2.16. The maximum atomic E-state index is 5.85. The molecule has 1 aromatic heterocycles. The summed E-state index contributed by atoms with van der Waals surface area (Å²) in [6, 6.07) is 10.2. The molecule has 2 rings (SSSR count). The highest BCUT2D eigenvalue weighted by molar-refractivity contribution is 5.79. The fourth-order valence-corrected chi connectivity index (χ4v) is 2.58. The maximum absolute atomic E-state index is 5.85. The Bertz CT molecular complexity index is 777. The molecule has 1 aromatic carbocycles. The van der Waals surface area contributed by atoms with Crippen LogP contribution in [0.1, 0.15) is 16.7 Å². The van der Waals surface area contributed by atoms with Gasteiger partial charge in [0.2, 0.25) is 0 Å². The predicted molar refractivity (Wildman–Crippen MR) is 114 cm³/mol. The number of guanidine groups is 1. The van der Waals surface area contributed by atoms with Crippen molar-refractivity contribution in [1.82, 2.24) is 15.6 Å². The molecule has 1 heterocycles. The van der Waals surface area contributed by atoms with Crippen LogP contribution in [0.2, 0.25) is 0 Å². The van der Waals surface area contributed by atoms with Crippen LogP contribution < -0.4 is 20.3 Å². The molecule has 0 aliphatic heterocycles. The van der Waals surface area contributed by atoms with E-state index in [1.165, 1.54) is 0 Å². The first-order chi connectivity index (χ1) is 13.5. The second kappa shape index (κ2) is 11.1. The van der Waals surface area contributed by atoms with Gasteiger partial charge in [0.1, 0.15) is 18.2 Å². The first-order valence-electron chi connectivity index (χ1n) is 9.31. The number of aryl methyl sites for hydroxylation is 1. The number of anilines is 1. The Hall–Kier alpha value is -2.80. The Balaban J connectivity index is 1.94. The van der Waals surface area contributed by atoms with Crippen molar-refractivity contribution >= 4 is 11.8 Å². The van der Waals surface area contributed by atoms with Crippen molar-refractivity contribution in [3.8, 4) is 5.75 Å². The molecule has 152 valence electrons. The van der Waals surface area contributed by atoms with Gasteiger partial charge in [0.25, 0.3) is 0 Å². The summed E-state index contributed by atoms with van der Waals surface area (Å²) in [6.45, 7) is 4.41. The number of aliphatic imine (C=N–C) groups is 1.